The van der Waals surface area contributed by atoms with E-state index in [4.69, 9.17) is 5.73 Å². The number of anilines is 2. The molecule has 0 saturated heterocycles. The lowest BCUT2D eigenvalue weighted by atomic mass is 10.2. The van der Waals surface area contributed by atoms with Gasteiger partial charge >= 0.3 is 0 Å². The van der Waals surface area contributed by atoms with Gasteiger partial charge in [-0.3, -0.25) is 14.6 Å². The fourth-order valence-corrected chi connectivity index (χ4v) is 1.48. The lowest BCUT2D eigenvalue weighted by molar-refractivity contribution is 0.102. The van der Waals surface area contributed by atoms with Crippen molar-refractivity contribution in [1.82, 2.24) is 4.98 Å². The third-order valence-corrected chi connectivity index (χ3v) is 2.35. The van der Waals surface area contributed by atoms with Gasteiger partial charge in [0, 0.05) is 17.8 Å². The van der Waals surface area contributed by atoms with E-state index in [1.54, 1.807) is 0 Å². The first kappa shape index (κ1) is 12.6. The summed E-state index contributed by atoms with van der Waals surface area (Å²) in [5, 5.41) is 11.6. The Hall–Kier alpha value is -2.83. The van der Waals surface area contributed by atoms with Crippen LogP contribution in [0.25, 0.3) is 0 Å². The van der Waals surface area contributed by atoms with Crippen LogP contribution in [-0.4, -0.2) is 16.0 Å². The summed E-state index contributed by atoms with van der Waals surface area (Å²) in [6.07, 6.45) is 0. The Balaban J connectivity index is 2.25. The van der Waals surface area contributed by atoms with E-state index in [0.717, 1.165) is 18.2 Å². The first-order valence-corrected chi connectivity index (χ1v) is 5.25. The summed E-state index contributed by atoms with van der Waals surface area (Å²) in [7, 11) is 0. The van der Waals surface area contributed by atoms with Crippen molar-refractivity contribution in [2.45, 2.75) is 0 Å². The van der Waals surface area contributed by atoms with Crippen molar-refractivity contribution in [2.75, 3.05) is 11.1 Å². The van der Waals surface area contributed by atoms with Crippen LogP contribution in [0.2, 0.25) is 0 Å². The maximum absolute atomic E-state index is 12.9. The maximum Gasteiger partial charge on any atom is 0.256 e. The van der Waals surface area contributed by atoms with Crippen LogP contribution in [-0.2, 0) is 0 Å². The molecule has 5 N–H and O–H groups in total. The van der Waals surface area contributed by atoms with E-state index in [1.807, 2.05) is 0 Å². The predicted octanol–water partition coefficient (Wildman–Crippen LogP) is 1.05. The van der Waals surface area contributed by atoms with Crippen molar-refractivity contribution in [2.24, 2.45) is 0 Å². The van der Waals surface area contributed by atoms with Gasteiger partial charge in [0.25, 0.3) is 11.5 Å². The number of benzene rings is 1. The number of aromatic amines is 1. The summed E-state index contributed by atoms with van der Waals surface area (Å²) < 4.78 is 12.9. The zero-order chi connectivity index (χ0) is 14.0. The fraction of sp³-hybridized carbons (Fsp3) is 0. The lowest BCUT2D eigenvalue weighted by Crippen LogP contribution is -2.16. The molecule has 0 atom stereocenters. The van der Waals surface area contributed by atoms with Crippen LogP contribution in [0.15, 0.2) is 35.1 Å². The molecular formula is C12H10FN3O3. The number of pyridine rings is 1. The number of aromatic hydroxyl groups is 1. The van der Waals surface area contributed by atoms with Crippen molar-refractivity contribution in [3.63, 3.8) is 0 Å². The quantitative estimate of drug-likeness (QED) is 0.607. The van der Waals surface area contributed by atoms with E-state index in [-0.39, 0.29) is 16.9 Å². The second-order valence-electron chi connectivity index (χ2n) is 3.81. The van der Waals surface area contributed by atoms with E-state index < -0.39 is 23.2 Å². The number of nitrogens with one attached hydrogen (secondary N) is 2. The monoisotopic (exact) mass is 263 g/mol. The first-order chi connectivity index (χ1) is 8.95. The number of nitrogen functional groups attached to an aromatic ring is 1. The van der Waals surface area contributed by atoms with Gasteiger partial charge < -0.3 is 16.2 Å². The van der Waals surface area contributed by atoms with Crippen molar-refractivity contribution in [3.05, 3.63) is 52.1 Å². The summed E-state index contributed by atoms with van der Waals surface area (Å²) in [4.78, 5) is 25.0. The number of carbonyl (C=O) groups excluding carboxylic acids is 1. The van der Waals surface area contributed by atoms with Gasteiger partial charge in [-0.15, -0.1) is 0 Å². The number of hydrogen-bond donors (Lipinski definition) is 4. The number of H-pyrrole nitrogens is 1. The normalized spacial score (nSPS) is 10.2. The zero-order valence-corrected chi connectivity index (χ0v) is 9.61. The van der Waals surface area contributed by atoms with Gasteiger partial charge in [0.05, 0.1) is 11.3 Å². The van der Waals surface area contributed by atoms with Gasteiger partial charge in [0.15, 0.2) is 5.88 Å². The molecule has 0 spiro atoms. The minimum atomic E-state index is -0.618. The highest BCUT2D eigenvalue weighted by atomic mass is 19.1. The lowest BCUT2D eigenvalue weighted by Gasteiger charge is -2.06. The van der Waals surface area contributed by atoms with E-state index in [2.05, 4.69) is 10.3 Å². The molecule has 1 heterocycles. The molecule has 0 aliphatic carbocycles. The number of hydrogen-bond acceptors (Lipinski definition) is 4. The molecule has 0 saturated carbocycles. The Morgan fingerprint density at radius 3 is 2.68 bits per heavy atom. The summed E-state index contributed by atoms with van der Waals surface area (Å²) >= 11 is 0. The number of nitrogens with two attached hydrogens (primary N) is 1. The molecule has 7 heteroatoms. The minimum absolute atomic E-state index is 0.0239. The van der Waals surface area contributed by atoms with E-state index in [9.17, 15) is 19.1 Å². The largest absolute Gasteiger partial charge is 0.494 e. The average molecular weight is 263 g/mol. The topological polar surface area (TPSA) is 108 Å². The van der Waals surface area contributed by atoms with Crippen molar-refractivity contribution in [3.8, 4) is 5.88 Å². The van der Waals surface area contributed by atoms with Gasteiger partial charge in [0.1, 0.15) is 5.82 Å². The van der Waals surface area contributed by atoms with Crippen LogP contribution >= 0.6 is 0 Å². The smallest absolute Gasteiger partial charge is 0.256 e. The Kier molecular flexibility index (Phi) is 3.19. The number of halogens is 1. The Morgan fingerprint density at radius 2 is 2.05 bits per heavy atom. The van der Waals surface area contributed by atoms with Gasteiger partial charge in [-0.2, -0.15) is 0 Å². The molecular weight excluding hydrogens is 253 g/mol. The molecule has 1 aromatic heterocycles. The third-order valence-electron chi connectivity index (χ3n) is 2.35. The molecule has 19 heavy (non-hydrogen) atoms. The molecule has 98 valence electrons. The van der Waals surface area contributed by atoms with Crippen molar-refractivity contribution in [1.29, 1.82) is 0 Å². The highest BCUT2D eigenvalue weighted by Crippen LogP contribution is 2.17. The molecule has 0 aliphatic heterocycles. The molecule has 1 aromatic carbocycles. The first-order valence-electron chi connectivity index (χ1n) is 5.25. The molecule has 0 radical (unpaired) electrons. The molecule has 0 fully saturated rings. The van der Waals surface area contributed by atoms with Crippen LogP contribution in [0, 0.1) is 5.82 Å². The molecule has 2 rings (SSSR count). The van der Waals surface area contributed by atoms with Crippen LogP contribution < -0.4 is 16.6 Å². The molecule has 0 aliphatic rings. The summed E-state index contributed by atoms with van der Waals surface area (Å²) in [5.74, 6) is -1.63. The summed E-state index contributed by atoms with van der Waals surface area (Å²) in [5.41, 5.74) is 4.91. The highest BCUT2D eigenvalue weighted by molar-refractivity contribution is 6.04. The second kappa shape index (κ2) is 4.81. The summed E-state index contributed by atoms with van der Waals surface area (Å²) in [6, 6.07) is 5.82. The zero-order valence-electron chi connectivity index (χ0n) is 9.61. The van der Waals surface area contributed by atoms with Crippen LogP contribution in [0.3, 0.4) is 0 Å². The van der Waals surface area contributed by atoms with E-state index in [1.165, 1.54) is 12.1 Å². The molecule has 0 bridgehead atoms. The Morgan fingerprint density at radius 1 is 1.32 bits per heavy atom. The van der Waals surface area contributed by atoms with Crippen molar-refractivity contribution >= 4 is 17.3 Å². The van der Waals surface area contributed by atoms with E-state index in [0.29, 0.717) is 0 Å². The Labute approximate surface area is 106 Å². The minimum Gasteiger partial charge on any atom is -0.494 e. The van der Waals surface area contributed by atoms with Crippen LogP contribution in [0.1, 0.15) is 10.4 Å². The summed E-state index contributed by atoms with van der Waals surface area (Å²) in [6.45, 7) is 0. The predicted molar refractivity (Wildman–Crippen MR) is 67.5 cm³/mol. The van der Waals surface area contributed by atoms with E-state index >= 15 is 0 Å². The Bertz CT molecular complexity index is 697. The SMILES string of the molecule is Nc1cc(NC(=O)c2cc(O)[nH]c(=O)c2)ccc1F. The average Bonchev–Trinajstić information content (AvgIpc) is 2.32. The maximum atomic E-state index is 12.9. The molecule has 6 nitrogen and oxygen atoms in total. The fourth-order valence-electron chi connectivity index (χ4n) is 1.48. The number of carbonyl (C=O) groups is 1. The van der Waals surface area contributed by atoms with Gasteiger partial charge in [-0.05, 0) is 18.2 Å². The number of rotatable bonds is 2. The van der Waals surface area contributed by atoms with Gasteiger partial charge in [-0.25, -0.2) is 4.39 Å². The van der Waals surface area contributed by atoms with Gasteiger partial charge in [-0.1, -0.05) is 0 Å². The highest BCUT2D eigenvalue weighted by Gasteiger charge is 2.09. The molecule has 1 amide bonds. The third kappa shape index (κ3) is 2.89. The van der Waals surface area contributed by atoms with Crippen LogP contribution in [0.5, 0.6) is 5.88 Å². The molecule has 0 unspecified atom stereocenters. The van der Waals surface area contributed by atoms with Crippen molar-refractivity contribution < 1.29 is 14.3 Å². The van der Waals surface area contributed by atoms with Gasteiger partial charge in [0.2, 0.25) is 0 Å². The number of aromatic nitrogens is 1. The number of amides is 1. The van der Waals surface area contributed by atoms with Crippen LogP contribution in [0.4, 0.5) is 15.8 Å². The molecule has 2 aromatic rings. The second-order valence-corrected chi connectivity index (χ2v) is 3.81. The standard InChI is InChI=1S/C12H10FN3O3/c13-8-2-1-7(5-9(8)14)15-12(19)6-3-10(17)16-11(18)4-6/h1-5H,14H2,(H,15,19)(H2,16,17,18).